The van der Waals surface area contributed by atoms with Crippen molar-refractivity contribution in [3.05, 3.63) is 0 Å². The second kappa shape index (κ2) is 9.88. The number of hydrogen-bond donors (Lipinski definition) is 0. The number of aldehydes is 1. The topological polar surface area (TPSA) is 43.4 Å². The van der Waals surface area contributed by atoms with Crippen LogP contribution >= 0.6 is 8.69 Å². The van der Waals surface area contributed by atoms with E-state index in [9.17, 15) is 9.36 Å². The number of rotatable bonds is 3. The summed E-state index contributed by atoms with van der Waals surface area (Å²) in [5.41, 5.74) is 0. The van der Waals surface area contributed by atoms with Gasteiger partial charge >= 0.3 is 38.2 Å². The van der Waals surface area contributed by atoms with Gasteiger partial charge in [0.25, 0.3) is 0 Å². The molecule has 0 aromatic carbocycles. The maximum absolute atomic E-state index is 9.30. The van der Waals surface area contributed by atoms with Crippen molar-refractivity contribution in [1.82, 2.24) is 0 Å². The molecule has 0 spiro atoms. The predicted octanol–water partition coefficient (Wildman–Crippen LogP) is -0.240. The normalized spacial score (nSPS) is 7.43. The summed E-state index contributed by atoms with van der Waals surface area (Å²) in [6.07, 6.45) is 0.533. The van der Waals surface area contributed by atoms with E-state index in [1.54, 1.807) is 0 Å². The van der Waals surface area contributed by atoms with Gasteiger partial charge < -0.3 is 4.79 Å². The van der Waals surface area contributed by atoms with Crippen LogP contribution in [0, 0.1) is 0 Å². The molecule has 0 aromatic heterocycles. The van der Waals surface area contributed by atoms with E-state index in [0.29, 0.717) is 6.29 Å². The van der Waals surface area contributed by atoms with Gasteiger partial charge in [0.2, 0.25) is 0 Å². The molecule has 0 fully saturated rings. The second-order valence-corrected chi connectivity index (χ2v) is 0.944. The monoisotopic (exact) mass is 130 g/mol. The molecule has 0 aromatic rings. The standard InChI is InChI=1S/C2H3O3P.Na.H/c3-1-2-5-6-4;;/h1H,2H2;;. The number of hydrogen-bond acceptors (Lipinski definition) is 3. The van der Waals surface area contributed by atoms with Gasteiger partial charge in [-0.15, -0.1) is 0 Å². The first-order valence-corrected chi connectivity index (χ1v) is 2.03. The Kier molecular flexibility index (Phi) is 15.0. The van der Waals surface area contributed by atoms with Gasteiger partial charge in [-0.1, -0.05) is 0 Å². The van der Waals surface area contributed by atoms with Crippen LogP contribution in [0.1, 0.15) is 0 Å². The Morgan fingerprint density at radius 3 is 2.43 bits per heavy atom. The van der Waals surface area contributed by atoms with E-state index in [1.807, 2.05) is 0 Å². The first-order valence-electron chi connectivity index (χ1n) is 1.30. The van der Waals surface area contributed by atoms with Crippen molar-refractivity contribution >= 4 is 44.5 Å². The predicted molar refractivity (Wildman–Crippen MR) is 26.8 cm³/mol. The van der Waals surface area contributed by atoms with E-state index < -0.39 is 8.69 Å². The molecule has 5 heteroatoms. The summed E-state index contributed by atoms with van der Waals surface area (Å²) in [6.45, 7) is -0.0922. The Hall–Kier alpha value is 0.730. The van der Waals surface area contributed by atoms with Gasteiger partial charge in [-0.25, -0.2) is 4.57 Å². The van der Waals surface area contributed by atoms with E-state index in [4.69, 9.17) is 0 Å². The molecule has 0 aliphatic heterocycles. The minimum atomic E-state index is -0.436. The van der Waals surface area contributed by atoms with Gasteiger partial charge in [-0.3, -0.25) is 4.52 Å². The van der Waals surface area contributed by atoms with E-state index in [1.165, 1.54) is 0 Å². The maximum atomic E-state index is 9.30. The Labute approximate surface area is 65.0 Å². The molecule has 0 saturated heterocycles. The zero-order chi connectivity index (χ0) is 4.83. The van der Waals surface area contributed by atoms with Gasteiger partial charge in [0.05, 0.1) is 0 Å². The molecule has 0 radical (unpaired) electrons. The first-order chi connectivity index (χ1) is 2.91. The summed E-state index contributed by atoms with van der Waals surface area (Å²) in [7, 11) is -0.436. The van der Waals surface area contributed by atoms with Crippen molar-refractivity contribution < 1.29 is 13.9 Å². The van der Waals surface area contributed by atoms with Crippen molar-refractivity contribution in [2.45, 2.75) is 0 Å². The Bertz CT molecular complexity index is 48.9. The first kappa shape index (κ1) is 10.7. The van der Waals surface area contributed by atoms with Crippen LogP contribution in [-0.2, 0) is 13.9 Å². The fourth-order valence-electron chi connectivity index (χ4n) is 0.0609. The molecule has 7 heavy (non-hydrogen) atoms. The van der Waals surface area contributed by atoms with Crippen LogP contribution in [0.4, 0.5) is 0 Å². The molecule has 0 aliphatic carbocycles. The van der Waals surface area contributed by atoms with Crippen LogP contribution in [0.15, 0.2) is 0 Å². The zero-order valence-corrected chi connectivity index (χ0v) is 3.85. The second-order valence-electron chi connectivity index (χ2n) is 0.537. The Morgan fingerprint density at radius 2 is 2.29 bits per heavy atom. The molecule has 0 atom stereocenters. The van der Waals surface area contributed by atoms with Gasteiger partial charge in [-0.05, 0) is 0 Å². The summed E-state index contributed by atoms with van der Waals surface area (Å²) in [5, 5.41) is 0. The van der Waals surface area contributed by atoms with Gasteiger partial charge in [0.1, 0.15) is 12.9 Å². The summed E-state index contributed by atoms with van der Waals surface area (Å²) >= 11 is 0. The van der Waals surface area contributed by atoms with Crippen LogP contribution in [0.2, 0.25) is 0 Å². The van der Waals surface area contributed by atoms with Crippen molar-refractivity contribution in [1.29, 1.82) is 0 Å². The summed E-state index contributed by atoms with van der Waals surface area (Å²) in [6, 6.07) is 0. The van der Waals surface area contributed by atoms with Gasteiger partial charge in [-0.2, -0.15) is 0 Å². The number of carbonyl (C=O) groups is 1. The Morgan fingerprint density at radius 1 is 1.71 bits per heavy atom. The van der Waals surface area contributed by atoms with Crippen LogP contribution in [-0.4, -0.2) is 42.5 Å². The SMILES string of the molecule is O=CCOP=O.[NaH]. The van der Waals surface area contributed by atoms with Crippen LogP contribution in [0.25, 0.3) is 0 Å². The molecular weight excluding hydrogens is 126 g/mol. The molecule has 36 valence electrons. The van der Waals surface area contributed by atoms with Crippen molar-refractivity contribution in [2.24, 2.45) is 0 Å². The average Bonchev–Trinajstić information content (AvgIpc) is 1.61. The van der Waals surface area contributed by atoms with Crippen molar-refractivity contribution in [2.75, 3.05) is 6.61 Å². The number of carbonyl (C=O) groups excluding carboxylic acids is 1. The van der Waals surface area contributed by atoms with Gasteiger partial charge in [0.15, 0.2) is 0 Å². The van der Waals surface area contributed by atoms with Gasteiger partial charge in [0, 0.05) is 0 Å². The summed E-state index contributed by atoms with van der Waals surface area (Å²) in [5.74, 6) is 0. The summed E-state index contributed by atoms with van der Waals surface area (Å²) < 4.78 is 13.3. The molecule has 0 unspecified atom stereocenters. The van der Waals surface area contributed by atoms with E-state index in [2.05, 4.69) is 4.52 Å². The fourth-order valence-corrected chi connectivity index (χ4v) is 0.183. The quantitative estimate of drug-likeness (QED) is 0.229. The molecule has 0 N–H and O–H groups in total. The van der Waals surface area contributed by atoms with Crippen LogP contribution in [0.5, 0.6) is 0 Å². The fraction of sp³-hybridized carbons (Fsp3) is 0.500. The third-order valence-corrected chi connectivity index (χ3v) is 0.450. The third-order valence-electron chi connectivity index (χ3n) is 0.195. The molecule has 0 aliphatic rings. The molecular formula is C2H4NaO3P. The summed E-state index contributed by atoms with van der Waals surface area (Å²) in [4.78, 5) is 9.30. The van der Waals surface area contributed by atoms with E-state index in [-0.39, 0.29) is 36.2 Å². The van der Waals surface area contributed by atoms with E-state index in [0.717, 1.165) is 0 Å². The van der Waals surface area contributed by atoms with E-state index >= 15 is 0 Å². The molecule has 0 heterocycles. The van der Waals surface area contributed by atoms with Crippen LogP contribution < -0.4 is 0 Å². The molecule has 0 bridgehead atoms. The third kappa shape index (κ3) is 10.8. The molecule has 3 nitrogen and oxygen atoms in total. The average molecular weight is 130 g/mol. The Balaban J connectivity index is 0. The molecule has 0 amide bonds. The molecule has 0 rings (SSSR count). The van der Waals surface area contributed by atoms with Crippen molar-refractivity contribution in [3.63, 3.8) is 0 Å². The van der Waals surface area contributed by atoms with Crippen molar-refractivity contribution in [3.8, 4) is 0 Å². The van der Waals surface area contributed by atoms with Crippen LogP contribution in [0.3, 0.4) is 0 Å². The molecule has 0 saturated carbocycles. The minimum absolute atomic E-state index is 0. The zero-order valence-electron chi connectivity index (χ0n) is 2.96.